The normalized spacial score (nSPS) is 14.9. The number of nitrogens with zero attached hydrogens (tertiary/aromatic N) is 1. The van der Waals surface area contributed by atoms with Crippen molar-refractivity contribution < 1.29 is 14.1 Å². The zero-order valence-electron chi connectivity index (χ0n) is 17.6. The minimum absolute atomic E-state index is 0.0907. The Morgan fingerprint density at radius 2 is 1.74 bits per heavy atom. The fourth-order valence-electron chi connectivity index (χ4n) is 4.59. The Morgan fingerprint density at radius 3 is 2.48 bits per heavy atom. The second-order valence-electron chi connectivity index (χ2n) is 8.27. The number of rotatable bonds is 4. The predicted molar refractivity (Wildman–Crippen MR) is 123 cm³/mol. The number of carbonyl (C=O) groups is 1. The Morgan fingerprint density at radius 1 is 1.00 bits per heavy atom. The molecule has 0 radical (unpaired) electrons. The molecule has 0 spiro atoms. The lowest BCUT2D eigenvalue weighted by Gasteiger charge is -2.34. The molecule has 1 N–H and O–H groups in total. The third kappa shape index (κ3) is 3.84. The van der Waals surface area contributed by atoms with Crippen molar-refractivity contribution in [3.63, 3.8) is 0 Å². The molecule has 0 saturated carbocycles. The molecule has 5 rings (SSSR count). The van der Waals surface area contributed by atoms with Gasteiger partial charge in [-0.15, -0.1) is 0 Å². The van der Waals surface area contributed by atoms with Crippen molar-refractivity contribution in [1.29, 1.82) is 0 Å². The second kappa shape index (κ2) is 8.00. The van der Waals surface area contributed by atoms with Gasteiger partial charge in [-0.2, -0.15) is 0 Å². The maximum absolute atomic E-state index is 12.2. The zero-order chi connectivity index (χ0) is 21.4. The Hall–Kier alpha value is -3.44. The summed E-state index contributed by atoms with van der Waals surface area (Å²) in [4.78, 5) is 27.5. The van der Waals surface area contributed by atoms with Crippen LogP contribution in [0.5, 0.6) is 0 Å². The third-order valence-corrected chi connectivity index (χ3v) is 6.26. The molecule has 156 valence electrons. The predicted octanol–water partition coefficient (Wildman–Crippen LogP) is 3.05. The van der Waals surface area contributed by atoms with Gasteiger partial charge >= 0.3 is 5.63 Å². The van der Waals surface area contributed by atoms with Gasteiger partial charge in [0.25, 0.3) is 0 Å². The largest absolute Gasteiger partial charge is 0.423 e. The summed E-state index contributed by atoms with van der Waals surface area (Å²) < 4.78 is 5.50. The Balaban J connectivity index is 1.37. The fraction of sp³-hybridized carbons (Fsp3) is 0.231. The molecule has 0 aliphatic carbocycles. The van der Waals surface area contributed by atoms with E-state index in [0.29, 0.717) is 5.58 Å². The van der Waals surface area contributed by atoms with Crippen molar-refractivity contribution in [2.45, 2.75) is 13.5 Å². The molecule has 0 unspecified atom stereocenters. The molecule has 5 nitrogen and oxygen atoms in total. The third-order valence-electron chi connectivity index (χ3n) is 6.26. The molecular formula is C26H25N2O3+. The van der Waals surface area contributed by atoms with Crippen LogP contribution in [-0.2, 0) is 6.54 Å². The minimum atomic E-state index is -0.290. The van der Waals surface area contributed by atoms with Crippen LogP contribution < -0.4 is 15.4 Å². The second-order valence-corrected chi connectivity index (χ2v) is 8.27. The van der Waals surface area contributed by atoms with Gasteiger partial charge in [0.05, 0.1) is 26.2 Å². The molecule has 1 aromatic heterocycles. The average Bonchev–Trinajstić information content (AvgIpc) is 2.79. The fourth-order valence-corrected chi connectivity index (χ4v) is 4.59. The van der Waals surface area contributed by atoms with Gasteiger partial charge in [-0.25, -0.2) is 4.79 Å². The van der Waals surface area contributed by atoms with E-state index in [9.17, 15) is 9.59 Å². The van der Waals surface area contributed by atoms with Gasteiger partial charge < -0.3 is 14.2 Å². The molecule has 5 heteroatoms. The van der Waals surface area contributed by atoms with Crippen LogP contribution in [0.25, 0.3) is 21.7 Å². The van der Waals surface area contributed by atoms with Gasteiger partial charge in [-0.3, -0.25) is 4.79 Å². The number of carbonyl (C=O) groups excluding carboxylic acids is 1. The monoisotopic (exact) mass is 413 g/mol. The van der Waals surface area contributed by atoms with Gasteiger partial charge in [-0.1, -0.05) is 30.3 Å². The molecule has 0 atom stereocenters. The van der Waals surface area contributed by atoms with Crippen molar-refractivity contribution in [2.24, 2.45) is 0 Å². The maximum Gasteiger partial charge on any atom is 0.336 e. The topological polar surface area (TPSA) is 55.0 Å². The first-order chi connectivity index (χ1) is 15.1. The molecule has 4 aromatic rings. The van der Waals surface area contributed by atoms with Gasteiger partial charge in [0.15, 0.2) is 5.78 Å². The van der Waals surface area contributed by atoms with Gasteiger partial charge in [-0.05, 0) is 48.0 Å². The maximum atomic E-state index is 12.2. The average molecular weight is 413 g/mol. The number of quaternary nitrogens is 1. The lowest BCUT2D eigenvalue weighted by Crippen LogP contribution is -3.13. The number of benzene rings is 3. The highest BCUT2D eigenvalue weighted by Gasteiger charge is 2.22. The summed E-state index contributed by atoms with van der Waals surface area (Å²) in [5.41, 5.74) is 3.32. The molecule has 0 amide bonds. The molecule has 1 aliphatic heterocycles. The number of hydrogen-bond donors (Lipinski definition) is 1. The van der Waals surface area contributed by atoms with E-state index >= 15 is 0 Å². The minimum Gasteiger partial charge on any atom is -0.423 e. The summed E-state index contributed by atoms with van der Waals surface area (Å²) >= 11 is 0. The first-order valence-electron chi connectivity index (χ1n) is 10.7. The quantitative estimate of drug-likeness (QED) is 0.317. The Bertz CT molecular complexity index is 1320. The van der Waals surface area contributed by atoms with Gasteiger partial charge in [0.2, 0.25) is 0 Å². The van der Waals surface area contributed by atoms with Crippen molar-refractivity contribution >= 4 is 33.2 Å². The summed E-state index contributed by atoms with van der Waals surface area (Å²) in [6, 6.07) is 21.7. The Labute approximate surface area is 180 Å². The first kappa shape index (κ1) is 19.5. The number of anilines is 1. The number of ketones is 1. The Kier molecular flexibility index (Phi) is 5.04. The van der Waals surface area contributed by atoms with E-state index in [2.05, 4.69) is 17.0 Å². The van der Waals surface area contributed by atoms with Gasteiger partial charge in [0.1, 0.15) is 12.1 Å². The van der Waals surface area contributed by atoms with E-state index < -0.39 is 0 Å². The van der Waals surface area contributed by atoms with Crippen LogP contribution in [0.2, 0.25) is 0 Å². The van der Waals surface area contributed by atoms with Crippen molar-refractivity contribution in [3.8, 4) is 0 Å². The SMILES string of the molecule is CC(=O)c1ccc(N2CC[NH+](Cc3cc(=O)oc4ccc5ccccc5c34)CC2)cc1. The molecule has 31 heavy (non-hydrogen) atoms. The summed E-state index contributed by atoms with van der Waals surface area (Å²) in [7, 11) is 0. The van der Waals surface area contributed by atoms with E-state index in [4.69, 9.17) is 4.42 Å². The molecule has 1 saturated heterocycles. The molecule has 2 heterocycles. The number of fused-ring (bicyclic) bond motifs is 3. The van der Waals surface area contributed by atoms with Gasteiger partial charge in [0, 0.05) is 28.3 Å². The molecule has 1 aliphatic rings. The van der Waals surface area contributed by atoms with E-state index in [1.807, 2.05) is 48.5 Å². The van der Waals surface area contributed by atoms with Crippen LogP contribution in [0.3, 0.4) is 0 Å². The van der Waals surface area contributed by atoms with Crippen LogP contribution in [-0.4, -0.2) is 32.0 Å². The smallest absolute Gasteiger partial charge is 0.336 e. The van der Waals surface area contributed by atoms with Crippen molar-refractivity contribution in [3.05, 3.63) is 88.3 Å². The van der Waals surface area contributed by atoms with Crippen molar-refractivity contribution in [2.75, 3.05) is 31.1 Å². The number of piperazine rings is 1. The standard InChI is InChI=1S/C26H24N2O3/c1-18(29)19-6-9-22(10-7-19)28-14-12-27(13-15-28)17-21-16-25(30)31-24-11-8-20-4-2-3-5-23(20)26(21)24/h2-11,16H,12-15,17H2,1H3/p+1. The highest BCUT2D eigenvalue weighted by atomic mass is 16.4. The van der Waals surface area contributed by atoms with E-state index in [1.165, 1.54) is 4.90 Å². The van der Waals surface area contributed by atoms with Crippen LogP contribution in [0, 0.1) is 0 Å². The van der Waals surface area contributed by atoms with E-state index in [-0.39, 0.29) is 11.4 Å². The highest BCUT2D eigenvalue weighted by molar-refractivity contribution is 6.07. The molecular weight excluding hydrogens is 388 g/mol. The van der Waals surface area contributed by atoms with Crippen molar-refractivity contribution in [1.82, 2.24) is 0 Å². The zero-order valence-corrected chi connectivity index (χ0v) is 17.6. The van der Waals surface area contributed by atoms with Crippen LogP contribution >= 0.6 is 0 Å². The number of Topliss-reactive ketones (excluding diaryl/α,β-unsaturated/α-hetero) is 1. The molecule has 1 fully saturated rings. The summed E-state index contributed by atoms with van der Waals surface area (Å²) in [6.07, 6.45) is 0. The number of nitrogens with one attached hydrogen (secondary N) is 1. The van der Waals surface area contributed by atoms with Crippen LogP contribution in [0.1, 0.15) is 22.8 Å². The van der Waals surface area contributed by atoms with Crippen LogP contribution in [0.4, 0.5) is 5.69 Å². The first-order valence-corrected chi connectivity index (χ1v) is 10.7. The number of hydrogen-bond acceptors (Lipinski definition) is 4. The van der Waals surface area contributed by atoms with E-state index in [1.54, 1.807) is 13.0 Å². The summed E-state index contributed by atoms with van der Waals surface area (Å²) in [5, 5.41) is 3.33. The molecule has 0 bridgehead atoms. The lowest BCUT2D eigenvalue weighted by atomic mass is 10.0. The lowest BCUT2D eigenvalue weighted by molar-refractivity contribution is -0.914. The highest BCUT2D eigenvalue weighted by Crippen LogP contribution is 2.27. The molecule has 3 aromatic carbocycles. The summed E-state index contributed by atoms with van der Waals surface area (Å²) in [6.45, 7) is 6.24. The van der Waals surface area contributed by atoms with E-state index in [0.717, 1.165) is 65.7 Å². The summed E-state index contributed by atoms with van der Waals surface area (Å²) in [5.74, 6) is 0.0907. The van der Waals surface area contributed by atoms with Crippen LogP contribution in [0.15, 0.2) is 75.9 Å².